The molecular formula is C11H22N4. The number of hydrogen-bond donors (Lipinski definition) is 1. The minimum atomic E-state index is 0.164. The topological polar surface area (TPSA) is 56.7 Å². The minimum Gasteiger partial charge on any atom is -0.327 e. The van der Waals surface area contributed by atoms with E-state index < -0.39 is 0 Å². The Labute approximate surface area is 91.9 Å². The van der Waals surface area contributed by atoms with Crippen LogP contribution in [0, 0.1) is 5.41 Å². The molecule has 4 heteroatoms. The van der Waals surface area contributed by atoms with E-state index in [1.54, 1.807) is 6.33 Å². The molecule has 1 aromatic heterocycles. The highest BCUT2D eigenvalue weighted by Crippen LogP contribution is 2.20. The Morgan fingerprint density at radius 2 is 2.13 bits per heavy atom. The lowest BCUT2D eigenvalue weighted by Gasteiger charge is -2.26. The van der Waals surface area contributed by atoms with Gasteiger partial charge in [0.15, 0.2) is 0 Å². The van der Waals surface area contributed by atoms with Gasteiger partial charge in [0, 0.05) is 19.0 Å². The molecule has 0 spiro atoms. The van der Waals surface area contributed by atoms with Crippen molar-refractivity contribution < 1.29 is 0 Å². The molecule has 1 rings (SSSR count). The summed E-state index contributed by atoms with van der Waals surface area (Å²) >= 11 is 0. The summed E-state index contributed by atoms with van der Waals surface area (Å²) in [6.45, 7) is 9.45. The molecule has 0 aliphatic heterocycles. The molecular weight excluding hydrogens is 188 g/mol. The number of rotatable bonds is 4. The summed E-state index contributed by atoms with van der Waals surface area (Å²) < 4.78 is 1.93. The fourth-order valence-electron chi connectivity index (χ4n) is 1.46. The SMILES string of the molecule is CCn1ncnc1CCC(N)C(C)(C)C. The Balaban J connectivity index is 2.50. The molecule has 15 heavy (non-hydrogen) atoms. The molecule has 1 unspecified atom stereocenters. The molecule has 0 amide bonds. The van der Waals surface area contributed by atoms with Crippen LogP contribution in [-0.4, -0.2) is 20.8 Å². The lowest BCUT2D eigenvalue weighted by Crippen LogP contribution is -2.35. The van der Waals surface area contributed by atoms with Gasteiger partial charge < -0.3 is 5.73 Å². The monoisotopic (exact) mass is 210 g/mol. The van der Waals surface area contributed by atoms with Gasteiger partial charge in [-0.25, -0.2) is 4.98 Å². The van der Waals surface area contributed by atoms with Crippen molar-refractivity contribution in [2.75, 3.05) is 0 Å². The Morgan fingerprint density at radius 3 is 2.67 bits per heavy atom. The van der Waals surface area contributed by atoms with Crippen molar-refractivity contribution in [3.05, 3.63) is 12.2 Å². The van der Waals surface area contributed by atoms with Crippen molar-refractivity contribution in [1.29, 1.82) is 0 Å². The Morgan fingerprint density at radius 1 is 1.47 bits per heavy atom. The van der Waals surface area contributed by atoms with Gasteiger partial charge in [-0.3, -0.25) is 4.68 Å². The molecule has 2 N–H and O–H groups in total. The highest BCUT2D eigenvalue weighted by Gasteiger charge is 2.20. The van der Waals surface area contributed by atoms with Crippen LogP contribution in [-0.2, 0) is 13.0 Å². The van der Waals surface area contributed by atoms with Crippen molar-refractivity contribution in [3.8, 4) is 0 Å². The molecule has 0 aliphatic carbocycles. The zero-order valence-electron chi connectivity index (χ0n) is 10.2. The van der Waals surface area contributed by atoms with Crippen LogP contribution >= 0.6 is 0 Å². The predicted molar refractivity (Wildman–Crippen MR) is 61.4 cm³/mol. The second-order valence-corrected chi connectivity index (χ2v) is 5.00. The van der Waals surface area contributed by atoms with Crippen molar-refractivity contribution >= 4 is 0 Å². The summed E-state index contributed by atoms with van der Waals surface area (Å²) in [4.78, 5) is 4.24. The Kier molecular flexibility index (Phi) is 3.85. The molecule has 86 valence electrons. The van der Waals surface area contributed by atoms with E-state index in [0.717, 1.165) is 25.2 Å². The van der Waals surface area contributed by atoms with Crippen molar-refractivity contribution in [2.24, 2.45) is 11.1 Å². The standard InChI is InChI=1S/C11H22N4/c1-5-15-10(13-8-14-15)7-6-9(12)11(2,3)4/h8-9H,5-7,12H2,1-4H3. The lowest BCUT2D eigenvalue weighted by atomic mass is 9.85. The fourth-order valence-corrected chi connectivity index (χ4v) is 1.46. The first-order chi connectivity index (χ1) is 6.95. The summed E-state index contributed by atoms with van der Waals surface area (Å²) in [5.74, 6) is 1.04. The molecule has 1 atom stereocenters. The van der Waals surface area contributed by atoms with Crippen LogP contribution in [0.1, 0.15) is 39.9 Å². The van der Waals surface area contributed by atoms with Gasteiger partial charge in [-0.1, -0.05) is 20.8 Å². The maximum Gasteiger partial charge on any atom is 0.138 e. The van der Waals surface area contributed by atoms with Crippen LogP contribution in [0.4, 0.5) is 0 Å². The Hall–Kier alpha value is -0.900. The molecule has 0 saturated heterocycles. The summed E-state index contributed by atoms with van der Waals surface area (Å²) in [5, 5.41) is 4.14. The number of nitrogens with two attached hydrogens (primary N) is 1. The number of aryl methyl sites for hydroxylation is 2. The maximum atomic E-state index is 6.10. The average Bonchev–Trinajstić information content (AvgIpc) is 2.59. The van der Waals surface area contributed by atoms with Crippen LogP contribution in [0.3, 0.4) is 0 Å². The van der Waals surface area contributed by atoms with E-state index >= 15 is 0 Å². The maximum absolute atomic E-state index is 6.10. The normalized spacial score (nSPS) is 14.2. The molecule has 0 saturated carbocycles. The van der Waals surface area contributed by atoms with Gasteiger partial charge in [-0.2, -0.15) is 5.10 Å². The Bertz CT molecular complexity index is 298. The second-order valence-electron chi connectivity index (χ2n) is 5.00. The van der Waals surface area contributed by atoms with Crippen LogP contribution in [0.25, 0.3) is 0 Å². The highest BCUT2D eigenvalue weighted by molar-refractivity contribution is 4.88. The molecule has 0 aliphatic rings. The largest absolute Gasteiger partial charge is 0.327 e. The summed E-state index contributed by atoms with van der Waals surface area (Å²) in [5.41, 5.74) is 6.27. The van der Waals surface area contributed by atoms with Gasteiger partial charge in [0.1, 0.15) is 12.2 Å². The highest BCUT2D eigenvalue weighted by atomic mass is 15.3. The third kappa shape index (κ3) is 3.30. The summed E-state index contributed by atoms with van der Waals surface area (Å²) in [6.07, 6.45) is 3.48. The van der Waals surface area contributed by atoms with Crippen LogP contribution in [0.15, 0.2) is 6.33 Å². The van der Waals surface area contributed by atoms with E-state index in [0.29, 0.717) is 0 Å². The first-order valence-corrected chi connectivity index (χ1v) is 5.57. The predicted octanol–water partition coefficient (Wildman–Crippen LogP) is 1.60. The zero-order valence-corrected chi connectivity index (χ0v) is 10.2. The van der Waals surface area contributed by atoms with E-state index in [1.807, 2.05) is 4.68 Å². The van der Waals surface area contributed by atoms with Gasteiger partial charge in [0.2, 0.25) is 0 Å². The van der Waals surface area contributed by atoms with Crippen molar-refractivity contribution in [2.45, 2.75) is 53.1 Å². The summed E-state index contributed by atoms with van der Waals surface area (Å²) in [7, 11) is 0. The molecule has 0 aromatic carbocycles. The molecule has 0 fully saturated rings. The van der Waals surface area contributed by atoms with E-state index in [2.05, 4.69) is 37.8 Å². The molecule has 4 nitrogen and oxygen atoms in total. The number of nitrogens with zero attached hydrogens (tertiary/aromatic N) is 3. The average molecular weight is 210 g/mol. The van der Waals surface area contributed by atoms with Crippen molar-refractivity contribution in [3.63, 3.8) is 0 Å². The first-order valence-electron chi connectivity index (χ1n) is 5.57. The van der Waals surface area contributed by atoms with Crippen LogP contribution in [0.5, 0.6) is 0 Å². The van der Waals surface area contributed by atoms with E-state index in [1.165, 1.54) is 0 Å². The quantitative estimate of drug-likeness (QED) is 0.821. The first kappa shape index (κ1) is 12.2. The molecule has 1 aromatic rings. The minimum absolute atomic E-state index is 0.164. The lowest BCUT2D eigenvalue weighted by molar-refractivity contribution is 0.303. The number of hydrogen-bond acceptors (Lipinski definition) is 3. The van der Waals surface area contributed by atoms with Gasteiger partial charge in [-0.15, -0.1) is 0 Å². The molecule has 0 bridgehead atoms. The smallest absolute Gasteiger partial charge is 0.138 e. The van der Waals surface area contributed by atoms with E-state index in [-0.39, 0.29) is 11.5 Å². The molecule has 0 radical (unpaired) electrons. The number of aromatic nitrogens is 3. The van der Waals surface area contributed by atoms with Gasteiger partial charge in [0.25, 0.3) is 0 Å². The van der Waals surface area contributed by atoms with Crippen molar-refractivity contribution in [1.82, 2.24) is 14.8 Å². The fraction of sp³-hybridized carbons (Fsp3) is 0.818. The third-order valence-corrected chi connectivity index (χ3v) is 2.79. The zero-order chi connectivity index (χ0) is 11.5. The third-order valence-electron chi connectivity index (χ3n) is 2.79. The summed E-state index contributed by atoms with van der Waals surface area (Å²) in [6, 6.07) is 0.208. The van der Waals surface area contributed by atoms with Crippen LogP contribution < -0.4 is 5.73 Å². The van der Waals surface area contributed by atoms with Gasteiger partial charge >= 0.3 is 0 Å². The van der Waals surface area contributed by atoms with Gasteiger partial charge in [-0.05, 0) is 18.8 Å². The van der Waals surface area contributed by atoms with E-state index in [9.17, 15) is 0 Å². The second kappa shape index (κ2) is 4.75. The molecule has 1 heterocycles. The van der Waals surface area contributed by atoms with Gasteiger partial charge in [0.05, 0.1) is 0 Å². The van der Waals surface area contributed by atoms with Crippen LogP contribution in [0.2, 0.25) is 0 Å². The van der Waals surface area contributed by atoms with E-state index in [4.69, 9.17) is 5.73 Å².